The van der Waals surface area contributed by atoms with Crippen molar-refractivity contribution in [1.82, 2.24) is 10.2 Å². The lowest BCUT2D eigenvalue weighted by atomic mass is 10.1. The average Bonchev–Trinajstić information content (AvgIpc) is 2.37. The zero-order chi connectivity index (χ0) is 16.0. The van der Waals surface area contributed by atoms with Crippen LogP contribution in [0.3, 0.4) is 0 Å². The molecular formula is C14H22N4O3. The lowest BCUT2D eigenvalue weighted by Gasteiger charge is -2.19. The van der Waals surface area contributed by atoms with E-state index in [1.165, 1.54) is 12.1 Å². The normalized spacial score (nSPS) is 12.0. The van der Waals surface area contributed by atoms with Crippen LogP contribution in [0.15, 0.2) is 18.2 Å². The molecule has 0 spiro atoms. The Morgan fingerprint density at radius 3 is 2.62 bits per heavy atom. The Kier molecular flexibility index (Phi) is 6.10. The van der Waals surface area contributed by atoms with Gasteiger partial charge in [-0.25, -0.2) is 0 Å². The van der Waals surface area contributed by atoms with Crippen LogP contribution in [-0.2, 0) is 0 Å². The molecule has 0 bridgehead atoms. The number of amides is 1. The zero-order valence-corrected chi connectivity index (χ0v) is 12.8. The maximum absolute atomic E-state index is 12.3. The number of non-ortho nitro benzene ring substituents is 1. The Labute approximate surface area is 124 Å². The maximum Gasteiger partial charge on any atom is 0.270 e. The van der Waals surface area contributed by atoms with E-state index in [2.05, 4.69) is 10.6 Å². The van der Waals surface area contributed by atoms with Crippen molar-refractivity contribution < 1.29 is 9.72 Å². The first-order chi connectivity index (χ1) is 9.85. The van der Waals surface area contributed by atoms with Crippen LogP contribution in [0, 0.1) is 10.1 Å². The molecule has 116 valence electrons. The summed E-state index contributed by atoms with van der Waals surface area (Å²) in [6.45, 7) is 5.11. The largest absolute Gasteiger partial charge is 0.385 e. The van der Waals surface area contributed by atoms with E-state index in [9.17, 15) is 14.9 Å². The number of nitrogens with zero attached hydrogens (tertiary/aromatic N) is 2. The van der Waals surface area contributed by atoms with E-state index in [4.69, 9.17) is 0 Å². The van der Waals surface area contributed by atoms with Gasteiger partial charge >= 0.3 is 0 Å². The Hall–Kier alpha value is -2.15. The average molecular weight is 294 g/mol. The lowest BCUT2D eigenvalue weighted by molar-refractivity contribution is -0.384. The molecule has 0 aliphatic carbocycles. The highest BCUT2D eigenvalue weighted by atomic mass is 16.6. The number of anilines is 1. The highest BCUT2D eigenvalue weighted by Crippen LogP contribution is 2.22. The van der Waals surface area contributed by atoms with Crippen molar-refractivity contribution >= 4 is 17.3 Å². The first kappa shape index (κ1) is 16.9. The van der Waals surface area contributed by atoms with E-state index in [-0.39, 0.29) is 23.2 Å². The molecule has 21 heavy (non-hydrogen) atoms. The zero-order valence-electron chi connectivity index (χ0n) is 12.8. The molecular weight excluding hydrogens is 272 g/mol. The number of carbonyl (C=O) groups is 1. The van der Waals surface area contributed by atoms with Gasteiger partial charge in [-0.15, -0.1) is 0 Å². The molecule has 1 aromatic carbocycles. The molecule has 1 atom stereocenters. The van der Waals surface area contributed by atoms with Crippen LogP contribution in [0.4, 0.5) is 11.4 Å². The summed E-state index contributed by atoms with van der Waals surface area (Å²) >= 11 is 0. The summed E-state index contributed by atoms with van der Waals surface area (Å²) in [5.74, 6) is -0.316. The molecule has 1 amide bonds. The molecule has 0 aliphatic heterocycles. The van der Waals surface area contributed by atoms with Crippen LogP contribution in [0.1, 0.15) is 24.2 Å². The van der Waals surface area contributed by atoms with Crippen molar-refractivity contribution in [1.29, 1.82) is 0 Å². The minimum Gasteiger partial charge on any atom is -0.385 e. The SMILES string of the molecule is CCNc1ccc([N+](=O)[O-])cc1C(=O)NC(C)CN(C)C. The third-order valence-electron chi connectivity index (χ3n) is 2.84. The number of hydrogen-bond donors (Lipinski definition) is 2. The summed E-state index contributed by atoms with van der Waals surface area (Å²) in [7, 11) is 3.83. The second-order valence-corrected chi connectivity index (χ2v) is 5.15. The minimum absolute atomic E-state index is 0.0544. The first-order valence-corrected chi connectivity index (χ1v) is 6.83. The van der Waals surface area contributed by atoms with E-state index in [1.54, 1.807) is 6.07 Å². The van der Waals surface area contributed by atoms with Crippen LogP contribution >= 0.6 is 0 Å². The van der Waals surface area contributed by atoms with Crippen LogP contribution in [-0.4, -0.2) is 49.0 Å². The van der Waals surface area contributed by atoms with Gasteiger partial charge in [0.15, 0.2) is 0 Å². The quantitative estimate of drug-likeness (QED) is 0.590. The fourth-order valence-electron chi connectivity index (χ4n) is 2.07. The molecule has 0 heterocycles. The van der Waals surface area contributed by atoms with E-state index < -0.39 is 4.92 Å². The Morgan fingerprint density at radius 1 is 1.43 bits per heavy atom. The molecule has 1 rings (SSSR count). The molecule has 0 fully saturated rings. The standard InChI is InChI=1S/C14H22N4O3/c1-5-15-13-7-6-11(18(20)21)8-12(13)14(19)16-10(2)9-17(3)4/h6-8,10,15H,5,9H2,1-4H3,(H,16,19). The molecule has 7 heteroatoms. The summed E-state index contributed by atoms with van der Waals surface area (Å²) in [5, 5.41) is 16.8. The number of carbonyl (C=O) groups excluding carboxylic acids is 1. The predicted molar refractivity (Wildman–Crippen MR) is 82.7 cm³/mol. The smallest absolute Gasteiger partial charge is 0.270 e. The van der Waals surface area contributed by atoms with Gasteiger partial charge in [0, 0.05) is 37.0 Å². The number of nitro groups is 1. The molecule has 2 N–H and O–H groups in total. The van der Waals surface area contributed by atoms with Gasteiger partial charge in [-0.1, -0.05) is 0 Å². The summed E-state index contributed by atoms with van der Waals surface area (Å²) in [4.78, 5) is 24.6. The molecule has 0 radical (unpaired) electrons. The second-order valence-electron chi connectivity index (χ2n) is 5.15. The van der Waals surface area contributed by atoms with Crippen molar-refractivity contribution in [3.05, 3.63) is 33.9 Å². The maximum atomic E-state index is 12.3. The van der Waals surface area contributed by atoms with Crippen LogP contribution in [0.25, 0.3) is 0 Å². The van der Waals surface area contributed by atoms with Crippen molar-refractivity contribution in [2.24, 2.45) is 0 Å². The molecule has 0 aliphatic rings. The van der Waals surface area contributed by atoms with Crippen molar-refractivity contribution in [2.45, 2.75) is 19.9 Å². The van der Waals surface area contributed by atoms with Gasteiger partial charge in [-0.05, 0) is 34.0 Å². The summed E-state index contributed by atoms with van der Waals surface area (Å²) < 4.78 is 0. The number of hydrogen-bond acceptors (Lipinski definition) is 5. The van der Waals surface area contributed by atoms with E-state index >= 15 is 0 Å². The molecule has 0 aromatic heterocycles. The third-order valence-corrected chi connectivity index (χ3v) is 2.84. The third kappa shape index (κ3) is 5.03. The van der Waals surface area contributed by atoms with Gasteiger partial charge in [0.05, 0.1) is 10.5 Å². The van der Waals surface area contributed by atoms with Crippen molar-refractivity contribution in [3.8, 4) is 0 Å². The van der Waals surface area contributed by atoms with Gasteiger partial charge in [-0.3, -0.25) is 14.9 Å². The summed E-state index contributed by atoms with van der Waals surface area (Å²) in [5.41, 5.74) is 0.788. The highest BCUT2D eigenvalue weighted by molar-refractivity contribution is 6.00. The van der Waals surface area contributed by atoms with Crippen molar-refractivity contribution in [2.75, 3.05) is 32.5 Å². The molecule has 7 nitrogen and oxygen atoms in total. The fraction of sp³-hybridized carbons (Fsp3) is 0.500. The van der Waals surface area contributed by atoms with E-state index in [1.807, 2.05) is 32.8 Å². The number of likely N-dealkylation sites (N-methyl/N-ethyl adjacent to an activating group) is 1. The van der Waals surface area contributed by atoms with Gasteiger partial charge in [0.25, 0.3) is 11.6 Å². The number of rotatable bonds is 7. The second kappa shape index (κ2) is 7.58. The molecule has 0 saturated heterocycles. The number of nitro benzene ring substituents is 1. The van der Waals surface area contributed by atoms with E-state index in [0.717, 1.165) is 0 Å². The minimum atomic E-state index is -0.504. The van der Waals surface area contributed by atoms with Crippen LogP contribution < -0.4 is 10.6 Å². The topological polar surface area (TPSA) is 87.5 Å². The monoisotopic (exact) mass is 294 g/mol. The summed E-state index contributed by atoms with van der Waals surface area (Å²) in [6.07, 6.45) is 0. The van der Waals surface area contributed by atoms with Gasteiger partial charge in [0.2, 0.25) is 0 Å². The van der Waals surface area contributed by atoms with Gasteiger partial charge in [-0.2, -0.15) is 0 Å². The number of nitrogens with one attached hydrogen (secondary N) is 2. The Bertz CT molecular complexity index is 517. The molecule has 0 saturated carbocycles. The lowest BCUT2D eigenvalue weighted by Crippen LogP contribution is -2.39. The van der Waals surface area contributed by atoms with Crippen LogP contribution in [0.5, 0.6) is 0 Å². The summed E-state index contributed by atoms with van der Waals surface area (Å²) in [6, 6.07) is 4.20. The Morgan fingerprint density at radius 2 is 2.10 bits per heavy atom. The number of benzene rings is 1. The first-order valence-electron chi connectivity index (χ1n) is 6.83. The predicted octanol–water partition coefficient (Wildman–Crippen LogP) is 1.71. The van der Waals surface area contributed by atoms with E-state index in [0.29, 0.717) is 18.8 Å². The van der Waals surface area contributed by atoms with Gasteiger partial charge < -0.3 is 15.5 Å². The van der Waals surface area contributed by atoms with Gasteiger partial charge in [0.1, 0.15) is 0 Å². The fourth-order valence-corrected chi connectivity index (χ4v) is 2.07. The van der Waals surface area contributed by atoms with Crippen LogP contribution in [0.2, 0.25) is 0 Å². The highest BCUT2D eigenvalue weighted by Gasteiger charge is 2.18. The molecule has 1 unspecified atom stereocenters. The Balaban J connectivity index is 2.99. The van der Waals surface area contributed by atoms with Crippen molar-refractivity contribution in [3.63, 3.8) is 0 Å². The molecule has 1 aromatic rings.